The number of hydrogen-bond acceptors (Lipinski definition) is 8. The molecule has 0 aliphatic carbocycles. The van der Waals surface area contributed by atoms with E-state index in [0.29, 0.717) is 26.4 Å². The zero-order chi connectivity index (χ0) is 25.6. The summed E-state index contributed by atoms with van der Waals surface area (Å²) in [7, 11) is -3.95. The van der Waals surface area contributed by atoms with Gasteiger partial charge in [-0.25, -0.2) is 0 Å². The fraction of sp³-hybridized carbons (Fsp3) is 0.667. The molecule has 4 atom stereocenters. The molecular weight excluding hydrogens is 444 g/mol. The number of rotatable bonds is 20. The zero-order valence-corrected chi connectivity index (χ0v) is 22.7. The smallest absolute Gasteiger partial charge is 0.349 e. The second kappa shape index (κ2) is 16.5. The minimum Gasteiger partial charge on any atom is -0.349 e. The van der Waals surface area contributed by atoms with E-state index in [-0.39, 0.29) is 0 Å². The van der Waals surface area contributed by atoms with Gasteiger partial charge in [0.1, 0.15) is 0 Å². The number of ether oxygens (including phenoxy) is 4. The maximum atomic E-state index is 6.12. The summed E-state index contributed by atoms with van der Waals surface area (Å²) in [6.45, 7) is 30.9. The van der Waals surface area contributed by atoms with Crippen molar-refractivity contribution < 1.29 is 36.7 Å². The summed E-state index contributed by atoms with van der Waals surface area (Å²) < 4.78 is 47.3. The lowest BCUT2D eigenvalue weighted by Crippen LogP contribution is -2.57. The minimum absolute atomic E-state index is 0.302. The molecule has 0 aromatic carbocycles. The minimum atomic E-state index is -3.95. The third-order valence-corrected chi connectivity index (χ3v) is 5.98. The highest BCUT2D eigenvalue weighted by Crippen LogP contribution is 2.23. The summed E-state index contributed by atoms with van der Waals surface area (Å²) in [6, 6.07) is 0. The van der Waals surface area contributed by atoms with Crippen molar-refractivity contribution in [2.75, 3.05) is 26.4 Å². The van der Waals surface area contributed by atoms with E-state index < -0.39 is 34.2 Å². The Bertz CT molecular complexity index is 526. The highest BCUT2D eigenvalue weighted by molar-refractivity contribution is 6.53. The Labute approximate surface area is 201 Å². The molecular formula is C24H44O8Si. The summed E-state index contributed by atoms with van der Waals surface area (Å²) in [5.74, 6) is 0. The summed E-state index contributed by atoms with van der Waals surface area (Å²) >= 11 is 0. The van der Waals surface area contributed by atoms with E-state index in [1.54, 1.807) is 27.7 Å². The third kappa shape index (κ3) is 17.0. The fourth-order valence-corrected chi connectivity index (χ4v) is 4.39. The van der Waals surface area contributed by atoms with Crippen molar-refractivity contribution in [2.24, 2.45) is 0 Å². The van der Waals surface area contributed by atoms with E-state index in [9.17, 15) is 0 Å². The van der Waals surface area contributed by atoms with Gasteiger partial charge in [0.2, 0.25) is 0 Å². The first kappa shape index (κ1) is 31.9. The average molecular weight is 489 g/mol. The Morgan fingerprint density at radius 1 is 0.485 bits per heavy atom. The van der Waals surface area contributed by atoms with E-state index >= 15 is 0 Å². The van der Waals surface area contributed by atoms with E-state index in [1.807, 2.05) is 27.7 Å². The van der Waals surface area contributed by atoms with Crippen LogP contribution in [0.3, 0.4) is 0 Å². The fourth-order valence-electron chi connectivity index (χ4n) is 2.15. The van der Waals surface area contributed by atoms with E-state index in [2.05, 4.69) is 26.3 Å². The van der Waals surface area contributed by atoms with Crippen molar-refractivity contribution in [3.05, 3.63) is 48.6 Å². The standard InChI is InChI=1S/C24H44O8Si/c1-17(2)13-25-21(9)29-33(30-22(10)26-14-18(3)4,31-23(11)27-15-19(5)6)32-24(12)28-16-20(7)8/h21-24H,1,3,5,7,13-16H2,2,4,6,8-12H3. The lowest BCUT2D eigenvalue weighted by Gasteiger charge is -2.35. The van der Waals surface area contributed by atoms with Crippen molar-refractivity contribution in [1.29, 1.82) is 0 Å². The van der Waals surface area contributed by atoms with Crippen LogP contribution < -0.4 is 0 Å². The van der Waals surface area contributed by atoms with Gasteiger partial charge in [0.05, 0.1) is 26.4 Å². The normalized spacial score (nSPS) is 17.0. The predicted octanol–water partition coefficient (Wildman–Crippen LogP) is 5.24. The Hall–Kier alpha value is -1.14. The molecule has 0 bridgehead atoms. The van der Waals surface area contributed by atoms with Gasteiger partial charge in [-0.1, -0.05) is 48.6 Å². The molecule has 0 aromatic rings. The second-order valence-corrected chi connectivity index (χ2v) is 10.3. The molecule has 0 rings (SSSR count). The van der Waals surface area contributed by atoms with E-state index in [1.165, 1.54) is 0 Å². The predicted molar refractivity (Wildman–Crippen MR) is 131 cm³/mol. The topological polar surface area (TPSA) is 73.8 Å². The van der Waals surface area contributed by atoms with Gasteiger partial charge in [-0.2, -0.15) is 0 Å². The molecule has 8 nitrogen and oxygen atoms in total. The first-order valence-electron chi connectivity index (χ1n) is 11.0. The molecule has 0 N–H and O–H groups in total. The molecule has 0 fully saturated rings. The van der Waals surface area contributed by atoms with Crippen LogP contribution in [0.2, 0.25) is 0 Å². The quantitative estimate of drug-likeness (QED) is 0.131. The van der Waals surface area contributed by atoms with Crippen LogP contribution in [0.5, 0.6) is 0 Å². The molecule has 0 saturated heterocycles. The van der Waals surface area contributed by atoms with Crippen LogP contribution in [0.4, 0.5) is 0 Å². The highest BCUT2D eigenvalue weighted by Gasteiger charge is 2.52. The van der Waals surface area contributed by atoms with Crippen LogP contribution >= 0.6 is 0 Å². The van der Waals surface area contributed by atoms with Crippen molar-refractivity contribution in [2.45, 2.75) is 80.6 Å². The first-order valence-corrected chi connectivity index (χ1v) is 12.6. The van der Waals surface area contributed by atoms with Gasteiger partial charge in [-0.05, 0) is 55.4 Å². The summed E-state index contributed by atoms with van der Waals surface area (Å²) in [5.41, 5.74) is 3.37. The van der Waals surface area contributed by atoms with Gasteiger partial charge in [0, 0.05) is 0 Å². The molecule has 0 aliphatic rings. The molecule has 4 unspecified atom stereocenters. The van der Waals surface area contributed by atoms with E-state index in [4.69, 9.17) is 36.7 Å². The van der Waals surface area contributed by atoms with Crippen LogP contribution in [-0.4, -0.2) is 60.6 Å². The van der Waals surface area contributed by atoms with Crippen molar-refractivity contribution in [3.63, 3.8) is 0 Å². The van der Waals surface area contributed by atoms with Crippen LogP contribution in [0.25, 0.3) is 0 Å². The molecule has 0 amide bonds. The molecule has 0 radical (unpaired) electrons. The maximum Gasteiger partial charge on any atom is 0.687 e. The largest absolute Gasteiger partial charge is 0.687 e. The molecule has 0 aromatic heterocycles. The molecule has 0 heterocycles. The van der Waals surface area contributed by atoms with Gasteiger partial charge < -0.3 is 36.7 Å². The van der Waals surface area contributed by atoms with Crippen LogP contribution in [-0.2, 0) is 36.7 Å². The Morgan fingerprint density at radius 3 is 0.818 bits per heavy atom. The third-order valence-electron chi connectivity index (χ3n) is 3.50. The molecule has 0 saturated carbocycles. The van der Waals surface area contributed by atoms with E-state index in [0.717, 1.165) is 22.3 Å². The Morgan fingerprint density at radius 2 is 0.667 bits per heavy atom. The van der Waals surface area contributed by atoms with Gasteiger partial charge in [0.25, 0.3) is 0 Å². The van der Waals surface area contributed by atoms with Crippen LogP contribution in [0.1, 0.15) is 55.4 Å². The second-order valence-electron chi connectivity index (χ2n) is 8.31. The van der Waals surface area contributed by atoms with Gasteiger partial charge in [0.15, 0.2) is 25.2 Å². The Kier molecular flexibility index (Phi) is 15.9. The average Bonchev–Trinajstić information content (AvgIpc) is 2.67. The van der Waals surface area contributed by atoms with Gasteiger partial charge in [-0.3, -0.25) is 0 Å². The lowest BCUT2D eigenvalue weighted by atomic mass is 10.4. The molecule has 9 heteroatoms. The summed E-state index contributed by atoms with van der Waals surface area (Å²) in [5, 5.41) is 0. The lowest BCUT2D eigenvalue weighted by molar-refractivity contribution is -0.230. The monoisotopic (exact) mass is 488 g/mol. The summed E-state index contributed by atoms with van der Waals surface area (Å²) in [4.78, 5) is 0. The van der Waals surface area contributed by atoms with Gasteiger partial charge >= 0.3 is 9.05 Å². The molecule has 0 aliphatic heterocycles. The van der Waals surface area contributed by atoms with Crippen molar-refractivity contribution in [1.82, 2.24) is 0 Å². The van der Waals surface area contributed by atoms with Crippen molar-refractivity contribution in [3.8, 4) is 0 Å². The molecule has 33 heavy (non-hydrogen) atoms. The molecule has 0 spiro atoms. The summed E-state index contributed by atoms with van der Waals surface area (Å²) in [6.07, 6.45) is -2.93. The first-order chi connectivity index (χ1) is 15.2. The van der Waals surface area contributed by atoms with Crippen molar-refractivity contribution >= 4 is 9.05 Å². The molecule has 192 valence electrons. The SMILES string of the molecule is C=C(C)COC(C)O[Si](OC(C)OCC(=C)C)(OC(C)OCC(=C)C)OC(C)OCC(=C)C. The van der Waals surface area contributed by atoms with Gasteiger partial charge in [-0.15, -0.1) is 0 Å². The Balaban J connectivity index is 5.77. The zero-order valence-electron chi connectivity index (χ0n) is 21.7. The highest BCUT2D eigenvalue weighted by atomic mass is 28.4. The van der Waals surface area contributed by atoms with Crippen LogP contribution in [0, 0.1) is 0 Å². The maximum absolute atomic E-state index is 6.12. The number of hydrogen-bond donors (Lipinski definition) is 0. The van der Waals surface area contributed by atoms with Crippen LogP contribution in [0.15, 0.2) is 48.6 Å².